The maximum absolute atomic E-state index is 12.1. The Morgan fingerprint density at radius 1 is 1.16 bits per heavy atom. The van der Waals surface area contributed by atoms with Gasteiger partial charge in [-0.25, -0.2) is 4.98 Å². The van der Waals surface area contributed by atoms with Gasteiger partial charge < -0.3 is 14.5 Å². The normalized spacial score (nSPS) is 10.3. The van der Waals surface area contributed by atoms with Crippen LogP contribution in [-0.2, 0) is 6.61 Å². The van der Waals surface area contributed by atoms with E-state index >= 15 is 0 Å². The molecule has 0 unspecified atom stereocenters. The molecule has 0 aliphatic carbocycles. The number of amides is 1. The van der Waals surface area contributed by atoms with Crippen LogP contribution in [0.3, 0.4) is 0 Å². The standard InChI is InChI=1S/C19H16N2O4/c1-13-6-5-9-18(20-13)21-19(23)16-10-15(22)17(12-25-16)24-11-14-7-3-2-4-8-14/h2-10,12H,11H2,1H3,(H,20,21,23). The smallest absolute Gasteiger partial charge is 0.292 e. The summed E-state index contributed by atoms with van der Waals surface area (Å²) in [7, 11) is 0. The summed E-state index contributed by atoms with van der Waals surface area (Å²) in [6.07, 6.45) is 1.14. The van der Waals surface area contributed by atoms with Crippen LogP contribution in [0.1, 0.15) is 21.8 Å². The summed E-state index contributed by atoms with van der Waals surface area (Å²) in [5.74, 6) is -0.226. The topological polar surface area (TPSA) is 81.4 Å². The van der Waals surface area contributed by atoms with Gasteiger partial charge in [-0.2, -0.15) is 0 Å². The summed E-state index contributed by atoms with van der Waals surface area (Å²) in [6.45, 7) is 2.05. The third-order valence-corrected chi connectivity index (χ3v) is 3.39. The summed E-state index contributed by atoms with van der Waals surface area (Å²) in [5, 5.41) is 2.58. The zero-order valence-corrected chi connectivity index (χ0v) is 13.6. The molecule has 0 fully saturated rings. The number of aryl methyl sites for hydroxylation is 1. The molecule has 6 nitrogen and oxygen atoms in total. The molecule has 1 aromatic carbocycles. The molecule has 0 spiro atoms. The lowest BCUT2D eigenvalue weighted by Gasteiger charge is -2.07. The lowest BCUT2D eigenvalue weighted by atomic mass is 10.2. The van der Waals surface area contributed by atoms with E-state index < -0.39 is 11.3 Å². The van der Waals surface area contributed by atoms with Crippen LogP contribution in [0.4, 0.5) is 5.82 Å². The number of nitrogens with zero attached hydrogens (tertiary/aromatic N) is 1. The van der Waals surface area contributed by atoms with E-state index in [0.29, 0.717) is 5.82 Å². The predicted molar refractivity (Wildman–Crippen MR) is 92.7 cm³/mol. The van der Waals surface area contributed by atoms with Crippen molar-refractivity contribution in [2.75, 3.05) is 5.32 Å². The Hall–Kier alpha value is -3.41. The van der Waals surface area contributed by atoms with E-state index in [9.17, 15) is 9.59 Å². The monoisotopic (exact) mass is 336 g/mol. The van der Waals surface area contributed by atoms with Gasteiger partial charge in [-0.15, -0.1) is 0 Å². The van der Waals surface area contributed by atoms with E-state index in [4.69, 9.17) is 9.15 Å². The molecule has 3 rings (SSSR count). The third kappa shape index (κ3) is 4.32. The van der Waals surface area contributed by atoms with Crippen LogP contribution in [0.25, 0.3) is 0 Å². The summed E-state index contributed by atoms with van der Waals surface area (Å²) >= 11 is 0. The van der Waals surface area contributed by atoms with Crippen LogP contribution in [0, 0.1) is 6.92 Å². The fourth-order valence-electron chi connectivity index (χ4n) is 2.15. The molecule has 126 valence electrons. The van der Waals surface area contributed by atoms with Crippen molar-refractivity contribution in [3.8, 4) is 5.75 Å². The lowest BCUT2D eigenvalue weighted by molar-refractivity contribution is 0.0993. The molecule has 0 saturated heterocycles. The maximum Gasteiger partial charge on any atom is 0.292 e. The second kappa shape index (κ2) is 7.44. The van der Waals surface area contributed by atoms with Gasteiger partial charge in [0.05, 0.1) is 0 Å². The Labute approximate surface area is 144 Å². The van der Waals surface area contributed by atoms with Gasteiger partial charge in [0.25, 0.3) is 5.91 Å². The number of hydrogen-bond acceptors (Lipinski definition) is 5. The first-order valence-corrected chi connectivity index (χ1v) is 7.66. The first kappa shape index (κ1) is 16.4. The van der Waals surface area contributed by atoms with Crippen LogP contribution in [0.15, 0.2) is 70.1 Å². The highest BCUT2D eigenvalue weighted by atomic mass is 16.5. The van der Waals surface area contributed by atoms with Gasteiger partial charge in [-0.05, 0) is 24.6 Å². The Bertz CT molecular complexity index is 935. The molecule has 0 radical (unpaired) electrons. The van der Waals surface area contributed by atoms with E-state index in [1.165, 1.54) is 0 Å². The van der Waals surface area contributed by atoms with Crippen LogP contribution < -0.4 is 15.5 Å². The van der Waals surface area contributed by atoms with E-state index in [0.717, 1.165) is 23.6 Å². The maximum atomic E-state index is 12.1. The van der Waals surface area contributed by atoms with Crippen LogP contribution in [-0.4, -0.2) is 10.9 Å². The van der Waals surface area contributed by atoms with E-state index in [-0.39, 0.29) is 18.1 Å². The van der Waals surface area contributed by atoms with Gasteiger partial charge in [-0.3, -0.25) is 9.59 Å². The number of anilines is 1. The molecule has 2 aromatic heterocycles. The number of benzene rings is 1. The van der Waals surface area contributed by atoms with Gasteiger partial charge >= 0.3 is 0 Å². The average Bonchev–Trinajstić information content (AvgIpc) is 2.61. The fourth-order valence-corrected chi connectivity index (χ4v) is 2.15. The van der Waals surface area contributed by atoms with Crippen molar-refractivity contribution in [3.05, 3.63) is 88.1 Å². The summed E-state index contributed by atoms with van der Waals surface area (Å²) in [5.41, 5.74) is 1.27. The number of carbonyl (C=O) groups excluding carboxylic acids is 1. The number of rotatable bonds is 5. The van der Waals surface area contributed by atoms with Gasteiger partial charge in [0.15, 0.2) is 5.76 Å². The molecule has 6 heteroatoms. The van der Waals surface area contributed by atoms with Crippen molar-refractivity contribution in [2.24, 2.45) is 0 Å². The minimum absolute atomic E-state index is 0.0501. The van der Waals surface area contributed by atoms with Gasteiger partial charge in [-0.1, -0.05) is 36.4 Å². The molecular weight excluding hydrogens is 320 g/mol. The van der Waals surface area contributed by atoms with Crippen molar-refractivity contribution in [1.82, 2.24) is 4.98 Å². The van der Waals surface area contributed by atoms with Crippen molar-refractivity contribution in [2.45, 2.75) is 13.5 Å². The quantitative estimate of drug-likeness (QED) is 0.774. The van der Waals surface area contributed by atoms with Crippen molar-refractivity contribution >= 4 is 11.7 Å². The Morgan fingerprint density at radius 3 is 2.68 bits per heavy atom. The lowest BCUT2D eigenvalue weighted by Crippen LogP contribution is -2.16. The zero-order chi connectivity index (χ0) is 17.6. The fraction of sp³-hybridized carbons (Fsp3) is 0.105. The van der Waals surface area contributed by atoms with E-state index in [1.54, 1.807) is 12.1 Å². The Balaban J connectivity index is 1.68. The molecule has 0 saturated carbocycles. The largest absolute Gasteiger partial charge is 0.482 e. The summed E-state index contributed by atoms with van der Waals surface area (Å²) in [6, 6.07) is 15.8. The SMILES string of the molecule is Cc1cccc(NC(=O)c2cc(=O)c(OCc3ccccc3)co2)n1. The molecule has 2 heterocycles. The molecular formula is C19H16N2O4. The van der Waals surface area contributed by atoms with Crippen molar-refractivity contribution in [1.29, 1.82) is 0 Å². The van der Waals surface area contributed by atoms with Gasteiger partial charge in [0, 0.05) is 11.8 Å². The van der Waals surface area contributed by atoms with Gasteiger partial charge in [0.2, 0.25) is 11.2 Å². The molecule has 3 aromatic rings. The number of nitrogens with one attached hydrogen (secondary N) is 1. The van der Waals surface area contributed by atoms with Crippen molar-refractivity contribution in [3.63, 3.8) is 0 Å². The Kier molecular flexibility index (Phi) is 4.89. The summed E-state index contributed by atoms with van der Waals surface area (Å²) in [4.78, 5) is 28.4. The number of carbonyl (C=O) groups is 1. The number of hydrogen-bond donors (Lipinski definition) is 1. The highest BCUT2D eigenvalue weighted by Crippen LogP contribution is 2.11. The molecule has 1 amide bonds. The number of pyridine rings is 1. The highest BCUT2D eigenvalue weighted by molar-refractivity contribution is 6.01. The highest BCUT2D eigenvalue weighted by Gasteiger charge is 2.13. The first-order chi connectivity index (χ1) is 12.1. The third-order valence-electron chi connectivity index (χ3n) is 3.39. The van der Waals surface area contributed by atoms with Crippen LogP contribution in [0.5, 0.6) is 5.75 Å². The van der Waals surface area contributed by atoms with Gasteiger partial charge in [0.1, 0.15) is 18.7 Å². The minimum Gasteiger partial charge on any atom is -0.482 e. The molecule has 0 atom stereocenters. The zero-order valence-electron chi connectivity index (χ0n) is 13.6. The Morgan fingerprint density at radius 2 is 1.96 bits per heavy atom. The molecule has 25 heavy (non-hydrogen) atoms. The van der Waals surface area contributed by atoms with E-state index in [1.807, 2.05) is 43.3 Å². The average molecular weight is 336 g/mol. The first-order valence-electron chi connectivity index (χ1n) is 7.66. The second-order valence-electron chi connectivity index (χ2n) is 5.37. The molecule has 0 aliphatic heterocycles. The van der Waals surface area contributed by atoms with Crippen molar-refractivity contribution < 1.29 is 13.9 Å². The molecule has 0 aliphatic rings. The number of aromatic nitrogens is 1. The predicted octanol–water partition coefficient (Wildman–Crippen LogP) is 3.17. The van der Waals surface area contributed by atoms with E-state index in [2.05, 4.69) is 10.3 Å². The molecule has 1 N–H and O–H groups in total. The summed E-state index contributed by atoms with van der Waals surface area (Å²) < 4.78 is 10.7. The van der Waals surface area contributed by atoms with Crippen LogP contribution >= 0.6 is 0 Å². The second-order valence-corrected chi connectivity index (χ2v) is 5.37. The minimum atomic E-state index is -0.551. The van der Waals surface area contributed by atoms with Crippen LogP contribution in [0.2, 0.25) is 0 Å². The molecule has 0 bridgehead atoms. The number of ether oxygens (including phenoxy) is 1.